The molecule has 0 aliphatic heterocycles. The fourth-order valence-electron chi connectivity index (χ4n) is 2.09. The third kappa shape index (κ3) is 3.44. The average Bonchev–Trinajstić information content (AvgIpc) is 2.83. The second-order valence-electron chi connectivity index (χ2n) is 4.98. The van der Waals surface area contributed by atoms with Gasteiger partial charge in [0.25, 0.3) is 0 Å². The predicted molar refractivity (Wildman–Crippen MR) is 77.0 cm³/mol. The van der Waals surface area contributed by atoms with Gasteiger partial charge in [-0.05, 0) is 24.5 Å². The van der Waals surface area contributed by atoms with Crippen molar-refractivity contribution >= 4 is 5.91 Å². The average molecular weight is 272 g/mol. The summed E-state index contributed by atoms with van der Waals surface area (Å²) in [7, 11) is 3.63. The first-order chi connectivity index (χ1) is 9.58. The van der Waals surface area contributed by atoms with Gasteiger partial charge >= 0.3 is 0 Å². The van der Waals surface area contributed by atoms with Crippen LogP contribution in [0.2, 0.25) is 0 Å². The molecule has 0 N–H and O–H groups in total. The predicted octanol–water partition coefficient (Wildman–Crippen LogP) is 1.71. The van der Waals surface area contributed by atoms with Crippen LogP contribution >= 0.6 is 0 Å². The summed E-state index contributed by atoms with van der Waals surface area (Å²) in [6.07, 6.45) is 2.79. The normalized spacial score (nSPS) is 10.6. The summed E-state index contributed by atoms with van der Waals surface area (Å²) < 4.78 is 1.69. The van der Waals surface area contributed by atoms with Crippen LogP contribution in [-0.4, -0.2) is 32.6 Å². The Bertz CT molecular complexity index is 591. The molecule has 2 rings (SSSR count). The lowest BCUT2D eigenvalue weighted by Gasteiger charge is -2.16. The van der Waals surface area contributed by atoms with Gasteiger partial charge in [-0.25, -0.2) is 4.98 Å². The van der Waals surface area contributed by atoms with E-state index >= 15 is 0 Å². The molecule has 1 amide bonds. The Morgan fingerprint density at radius 1 is 1.35 bits per heavy atom. The van der Waals surface area contributed by atoms with E-state index in [1.165, 1.54) is 17.5 Å². The zero-order chi connectivity index (χ0) is 14.5. The topological polar surface area (TPSA) is 51.0 Å². The Kier molecular flexibility index (Phi) is 4.50. The Morgan fingerprint density at radius 2 is 2.10 bits per heavy atom. The highest BCUT2D eigenvalue weighted by Crippen LogP contribution is 2.10. The number of aryl methyl sites for hydroxylation is 3. The number of nitrogens with zero attached hydrogens (tertiary/aromatic N) is 4. The Hall–Kier alpha value is -2.17. The summed E-state index contributed by atoms with van der Waals surface area (Å²) in [5.74, 6) is 0.910. The van der Waals surface area contributed by atoms with Gasteiger partial charge in [-0.15, -0.1) is 0 Å². The number of hydrogen-bond donors (Lipinski definition) is 0. The summed E-state index contributed by atoms with van der Waals surface area (Å²) in [4.78, 5) is 18.0. The van der Waals surface area contributed by atoms with Gasteiger partial charge in [0.2, 0.25) is 5.91 Å². The zero-order valence-corrected chi connectivity index (χ0v) is 12.2. The lowest BCUT2D eigenvalue weighted by molar-refractivity contribution is -0.130. The van der Waals surface area contributed by atoms with E-state index in [4.69, 9.17) is 0 Å². The lowest BCUT2D eigenvalue weighted by Crippen LogP contribution is -2.27. The van der Waals surface area contributed by atoms with E-state index < -0.39 is 0 Å². The van der Waals surface area contributed by atoms with Crippen LogP contribution in [-0.2, 0) is 24.8 Å². The Labute approximate surface area is 119 Å². The van der Waals surface area contributed by atoms with Crippen molar-refractivity contribution in [2.75, 3.05) is 7.05 Å². The molecule has 0 aliphatic rings. The van der Waals surface area contributed by atoms with E-state index in [0.717, 1.165) is 12.2 Å². The molecule has 0 unspecified atom stereocenters. The van der Waals surface area contributed by atoms with Gasteiger partial charge in [0.15, 0.2) is 0 Å². The molecule has 2 aromatic rings. The van der Waals surface area contributed by atoms with Crippen LogP contribution in [0.1, 0.15) is 23.4 Å². The molecule has 0 bridgehead atoms. The molecule has 0 saturated heterocycles. The molecule has 5 heteroatoms. The van der Waals surface area contributed by atoms with Gasteiger partial charge in [0, 0.05) is 20.5 Å². The van der Waals surface area contributed by atoms with E-state index in [9.17, 15) is 4.79 Å². The zero-order valence-electron chi connectivity index (χ0n) is 12.2. The number of rotatable bonds is 5. The van der Waals surface area contributed by atoms with Crippen molar-refractivity contribution in [1.82, 2.24) is 19.7 Å². The molecule has 1 aromatic heterocycles. The standard InChI is InChI=1S/C15H20N4O/c1-12-6-4-5-7-13(12)8-9-15(20)18(2)10-14-16-11-17-19(14)3/h4-7,11H,8-10H2,1-3H3. The summed E-state index contributed by atoms with van der Waals surface area (Å²) in [5, 5.41) is 4.00. The molecule has 5 nitrogen and oxygen atoms in total. The summed E-state index contributed by atoms with van der Waals surface area (Å²) >= 11 is 0. The molecular weight excluding hydrogens is 252 g/mol. The summed E-state index contributed by atoms with van der Waals surface area (Å²) in [5.41, 5.74) is 2.46. The minimum Gasteiger partial charge on any atom is -0.338 e. The van der Waals surface area contributed by atoms with Crippen molar-refractivity contribution in [2.24, 2.45) is 7.05 Å². The van der Waals surface area contributed by atoms with Crippen molar-refractivity contribution in [1.29, 1.82) is 0 Å². The van der Waals surface area contributed by atoms with Gasteiger partial charge in [-0.1, -0.05) is 24.3 Å². The van der Waals surface area contributed by atoms with Gasteiger partial charge in [0.1, 0.15) is 12.2 Å². The maximum absolute atomic E-state index is 12.1. The molecular formula is C15H20N4O. The van der Waals surface area contributed by atoms with E-state index in [1.54, 1.807) is 16.6 Å². The first-order valence-corrected chi connectivity index (χ1v) is 6.69. The van der Waals surface area contributed by atoms with Gasteiger partial charge in [0.05, 0.1) is 6.54 Å². The quantitative estimate of drug-likeness (QED) is 0.832. The van der Waals surface area contributed by atoms with Crippen LogP contribution in [0.15, 0.2) is 30.6 Å². The van der Waals surface area contributed by atoms with Crippen LogP contribution < -0.4 is 0 Å². The van der Waals surface area contributed by atoms with Gasteiger partial charge in [-0.2, -0.15) is 5.10 Å². The third-order valence-electron chi connectivity index (χ3n) is 3.48. The molecule has 0 atom stereocenters. The van der Waals surface area contributed by atoms with Gasteiger partial charge < -0.3 is 4.90 Å². The molecule has 0 aliphatic carbocycles. The summed E-state index contributed by atoms with van der Waals surface area (Å²) in [6.45, 7) is 2.56. The van der Waals surface area contributed by atoms with Crippen LogP contribution in [0, 0.1) is 6.92 Å². The molecule has 1 aromatic carbocycles. The van der Waals surface area contributed by atoms with Crippen molar-refractivity contribution in [2.45, 2.75) is 26.3 Å². The van der Waals surface area contributed by atoms with Crippen LogP contribution in [0.3, 0.4) is 0 Å². The van der Waals surface area contributed by atoms with E-state index in [0.29, 0.717) is 13.0 Å². The highest BCUT2D eigenvalue weighted by Gasteiger charge is 2.12. The van der Waals surface area contributed by atoms with Crippen molar-refractivity contribution in [3.8, 4) is 0 Å². The van der Waals surface area contributed by atoms with Gasteiger partial charge in [-0.3, -0.25) is 9.48 Å². The molecule has 0 radical (unpaired) electrons. The monoisotopic (exact) mass is 272 g/mol. The molecule has 0 fully saturated rings. The summed E-state index contributed by atoms with van der Waals surface area (Å²) in [6, 6.07) is 8.17. The second-order valence-corrected chi connectivity index (χ2v) is 4.98. The largest absolute Gasteiger partial charge is 0.338 e. The van der Waals surface area contributed by atoms with Crippen LogP contribution in [0.5, 0.6) is 0 Å². The fourth-order valence-corrected chi connectivity index (χ4v) is 2.09. The molecule has 106 valence electrons. The smallest absolute Gasteiger partial charge is 0.223 e. The highest BCUT2D eigenvalue weighted by atomic mass is 16.2. The maximum Gasteiger partial charge on any atom is 0.223 e. The highest BCUT2D eigenvalue weighted by molar-refractivity contribution is 5.76. The molecule has 0 saturated carbocycles. The van der Waals surface area contributed by atoms with E-state index in [1.807, 2.05) is 19.2 Å². The molecule has 1 heterocycles. The first kappa shape index (κ1) is 14.2. The van der Waals surface area contributed by atoms with E-state index in [-0.39, 0.29) is 5.91 Å². The lowest BCUT2D eigenvalue weighted by atomic mass is 10.0. The number of aromatic nitrogens is 3. The Morgan fingerprint density at radius 3 is 2.75 bits per heavy atom. The van der Waals surface area contributed by atoms with E-state index in [2.05, 4.69) is 29.1 Å². The van der Waals surface area contributed by atoms with Crippen LogP contribution in [0.4, 0.5) is 0 Å². The number of hydrogen-bond acceptors (Lipinski definition) is 3. The maximum atomic E-state index is 12.1. The van der Waals surface area contributed by atoms with Crippen molar-refractivity contribution in [3.63, 3.8) is 0 Å². The molecule has 20 heavy (non-hydrogen) atoms. The van der Waals surface area contributed by atoms with Crippen molar-refractivity contribution in [3.05, 3.63) is 47.5 Å². The van der Waals surface area contributed by atoms with Crippen LogP contribution in [0.25, 0.3) is 0 Å². The number of carbonyl (C=O) groups is 1. The number of amides is 1. The second kappa shape index (κ2) is 6.32. The molecule has 0 spiro atoms. The minimum atomic E-state index is 0.122. The fraction of sp³-hybridized carbons (Fsp3) is 0.400. The Balaban J connectivity index is 1.89. The minimum absolute atomic E-state index is 0.122. The SMILES string of the molecule is Cc1ccccc1CCC(=O)N(C)Cc1ncnn1C. The number of benzene rings is 1. The third-order valence-corrected chi connectivity index (χ3v) is 3.48. The van der Waals surface area contributed by atoms with Crippen molar-refractivity contribution < 1.29 is 4.79 Å². The first-order valence-electron chi connectivity index (χ1n) is 6.69. The number of carbonyl (C=O) groups excluding carboxylic acids is 1.